The first-order chi connectivity index (χ1) is 15.8. The topological polar surface area (TPSA) is 131 Å². The van der Waals surface area contributed by atoms with Crippen LogP contribution in [-0.4, -0.2) is 35.5 Å². The maximum absolute atomic E-state index is 12.5. The van der Waals surface area contributed by atoms with Crippen molar-refractivity contribution < 1.29 is 24.4 Å². The first-order valence-electron chi connectivity index (χ1n) is 10.7. The van der Waals surface area contributed by atoms with Crippen LogP contribution in [0.3, 0.4) is 0 Å². The molecule has 0 aliphatic rings. The summed E-state index contributed by atoms with van der Waals surface area (Å²) in [5, 5.41) is 26.7. The second kappa shape index (κ2) is 12.8. The molecule has 9 nitrogen and oxygen atoms in total. The van der Waals surface area contributed by atoms with Crippen LogP contribution in [0.2, 0.25) is 0 Å². The number of amides is 2. The molecular weight excluding hydrogens is 426 g/mol. The van der Waals surface area contributed by atoms with E-state index in [4.69, 9.17) is 4.74 Å². The number of nitro benzene ring substituents is 1. The van der Waals surface area contributed by atoms with E-state index >= 15 is 0 Å². The number of phenolic OH excluding ortho intramolecular Hbond substituents is 1. The molecule has 0 radical (unpaired) electrons. The minimum atomic E-state index is -0.810. The maximum atomic E-state index is 12.5. The van der Waals surface area contributed by atoms with E-state index in [0.717, 1.165) is 0 Å². The SMILES string of the molecule is CCNC(=O)CC(NC(=O)CCCC=Cc1cc(OC)ccc1O)c1ccccc1[N+](=O)[O-]. The van der Waals surface area contributed by atoms with Gasteiger partial charge in [0, 0.05) is 24.6 Å². The second-order valence-corrected chi connectivity index (χ2v) is 7.31. The average Bonchev–Trinajstić information content (AvgIpc) is 2.79. The summed E-state index contributed by atoms with van der Waals surface area (Å²) in [6.45, 7) is 2.20. The van der Waals surface area contributed by atoms with E-state index in [9.17, 15) is 24.8 Å². The fraction of sp³-hybridized carbons (Fsp3) is 0.333. The van der Waals surface area contributed by atoms with Crippen molar-refractivity contribution in [3.63, 3.8) is 0 Å². The molecule has 9 heteroatoms. The summed E-state index contributed by atoms with van der Waals surface area (Å²) in [6, 6.07) is 10.2. The van der Waals surface area contributed by atoms with Crippen LogP contribution in [0.25, 0.3) is 6.08 Å². The molecule has 0 fully saturated rings. The van der Waals surface area contributed by atoms with Crippen molar-refractivity contribution in [2.75, 3.05) is 13.7 Å². The highest BCUT2D eigenvalue weighted by atomic mass is 16.6. The van der Waals surface area contributed by atoms with E-state index in [1.54, 1.807) is 56.5 Å². The van der Waals surface area contributed by atoms with Crippen LogP contribution < -0.4 is 15.4 Å². The van der Waals surface area contributed by atoms with Gasteiger partial charge in [-0.3, -0.25) is 19.7 Å². The van der Waals surface area contributed by atoms with Crippen molar-refractivity contribution in [3.8, 4) is 11.5 Å². The lowest BCUT2D eigenvalue weighted by Gasteiger charge is -2.19. The first-order valence-corrected chi connectivity index (χ1v) is 10.7. The Morgan fingerprint density at radius 2 is 1.97 bits per heavy atom. The number of phenols is 1. The van der Waals surface area contributed by atoms with Gasteiger partial charge in [0.1, 0.15) is 11.5 Å². The van der Waals surface area contributed by atoms with Crippen molar-refractivity contribution in [1.29, 1.82) is 0 Å². The minimum absolute atomic E-state index is 0.0978. The van der Waals surface area contributed by atoms with Crippen molar-refractivity contribution in [2.24, 2.45) is 0 Å². The van der Waals surface area contributed by atoms with Crippen LogP contribution in [0.5, 0.6) is 11.5 Å². The van der Waals surface area contributed by atoms with Gasteiger partial charge in [-0.05, 0) is 38.0 Å². The van der Waals surface area contributed by atoms with Crippen LogP contribution in [0.1, 0.15) is 49.8 Å². The van der Waals surface area contributed by atoms with Gasteiger partial charge in [-0.15, -0.1) is 0 Å². The number of hydrogen-bond donors (Lipinski definition) is 3. The fourth-order valence-electron chi connectivity index (χ4n) is 3.29. The average molecular weight is 456 g/mol. The van der Waals surface area contributed by atoms with Gasteiger partial charge >= 0.3 is 0 Å². The molecule has 2 aromatic carbocycles. The molecule has 2 aromatic rings. The number of carbonyl (C=O) groups is 2. The van der Waals surface area contributed by atoms with E-state index in [-0.39, 0.29) is 41.7 Å². The lowest BCUT2D eigenvalue weighted by molar-refractivity contribution is -0.385. The largest absolute Gasteiger partial charge is 0.507 e. The van der Waals surface area contributed by atoms with Gasteiger partial charge in [-0.1, -0.05) is 30.4 Å². The molecule has 0 saturated carbocycles. The van der Waals surface area contributed by atoms with Gasteiger partial charge in [0.15, 0.2) is 0 Å². The Morgan fingerprint density at radius 3 is 2.67 bits per heavy atom. The molecule has 0 aromatic heterocycles. The maximum Gasteiger partial charge on any atom is 0.274 e. The monoisotopic (exact) mass is 455 g/mol. The summed E-state index contributed by atoms with van der Waals surface area (Å²) in [6.07, 6.45) is 4.78. The predicted molar refractivity (Wildman–Crippen MR) is 125 cm³/mol. The number of methoxy groups -OCH3 is 1. The number of nitro groups is 1. The summed E-state index contributed by atoms with van der Waals surface area (Å²) in [5.41, 5.74) is 0.751. The van der Waals surface area contributed by atoms with E-state index < -0.39 is 11.0 Å². The zero-order valence-corrected chi connectivity index (χ0v) is 18.7. The van der Waals surface area contributed by atoms with Gasteiger partial charge in [0.25, 0.3) is 5.69 Å². The number of rotatable bonds is 12. The summed E-state index contributed by atoms with van der Waals surface area (Å²) in [7, 11) is 1.54. The Kier molecular flexibility index (Phi) is 9.88. The number of nitrogens with one attached hydrogen (secondary N) is 2. The smallest absolute Gasteiger partial charge is 0.274 e. The van der Waals surface area contributed by atoms with Gasteiger partial charge < -0.3 is 20.5 Å². The van der Waals surface area contributed by atoms with Crippen molar-refractivity contribution in [3.05, 3.63) is 69.8 Å². The van der Waals surface area contributed by atoms with Crippen molar-refractivity contribution in [2.45, 2.75) is 38.6 Å². The molecule has 0 spiro atoms. The quantitative estimate of drug-likeness (QED) is 0.253. The third kappa shape index (κ3) is 7.95. The normalized spacial score (nSPS) is 11.7. The molecule has 0 aliphatic heterocycles. The number of allylic oxidation sites excluding steroid dienone is 1. The number of para-hydroxylation sites is 1. The van der Waals surface area contributed by atoms with E-state index in [0.29, 0.717) is 30.7 Å². The zero-order chi connectivity index (χ0) is 24.2. The highest BCUT2D eigenvalue weighted by Crippen LogP contribution is 2.27. The number of aromatic hydroxyl groups is 1. The molecule has 2 amide bonds. The Hall–Kier alpha value is -3.88. The number of hydrogen-bond acceptors (Lipinski definition) is 6. The van der Waals surface area contributed by atoms with Crippen LogP contribution in [0, 0.1) is 10.1 Å². The number of benzene rings is 2. The van der Waals surface area contributed by atoms with Gasteiger partial charge in [-0.25, -0.2) is 0 Å². The standard InChI is InChI=1S/C24H29N3O6/c1-3-25-24(30)16-20(19-10-7-8-11-21(19)27(31)32)26-23(29)12-6-4-5-9-17-15-18(33-2)13-14-22(17)28/h5,7-11,13-15,20,28H,3-4,6,12,16H2,1-2H3,(H,25,30)(H,26,29). The molecule has 0 aliphatic carbocycles. The number of carbonyl (C=O) groups excluding carboxylic acids is 2. The Balaban J connectivity index is 1.99. The zero-order valence-electron chi connectivity index (χ0n) is 18.7. The van der Waals surface area contributed by atoms with E-state index in [2.05, 4.69) is 10.6 Å². The molecule has 0 heterocycles. The van der Waals surface area contributed by atoms with Gasteiger partial charge in [-0.2, -0.15) is 0 Å². The highest BCUT2D eigenvalue weighted by molar-refractivity contribution is 5.80. The summed E-state index contributed by atoms with van der Waals surface area (Å²) >= 11 is 0. The van der Waals surface area contributed by atoms with Crippen LogP contribution in [-0.2, 0) is 9.59 Å². The fourth-order valence-corrected chi connectivity index (χ4v) is 3.29. The molecule has 3 N–H and O–H groups in total. The van der Waals surface area contributed by atoms with E-state index in [1.807, 2.05) is 6.08 Å². The molecule has 0 bridgehead atoms. The molecule has 1 atom stereocenters. The van der Waals surface area contributed by atoms with Crippen LogP contribution >= 0.6 is 0 Å². The predicted octanol–water partition coefficient (Wildman–Crippen LogP) is 3.88. The first kappa shape index (κ1) is 25.4. The molecule has 176 valence electrons. The number of ether oxygens (including phenoxy) is 1. The van der Waals surface area contributed by atoms with Crippen LogP contribution in [0.4, 0.5) is 5.69 Å². The lowest BCUT2D eigenvalue weighted by Crippen LogP contribution is -2.34. The molecule has 33 heavy (non-hydrogen) atoms. The lowest BCUT2D eigenvalue weighted by atomic mass is 10.0. The number of unbranched alkanes of at least 4 members (excludes halogenated alkanes) is 1. The molecular formula is C24H29N3O6. The Morgan fingerprint density at radius 1 is 1.21 bits per heavy atom. The summed E-state index contributed by atoms with van der Waals surface area (Å²) < 4.78 is 5.14. The molecule has 2 rings (SSSR count). The minimum Gasteiger partial charge on any atom is -0.507 e. The third-order valence-corrected chi connectivity index (χ3v) is 4.91. The summed E-state index contributed by atoms with van der Waals surface area (Å²) in [5.74, 6) is 0.143. The van der Waals surface area contributed by atoms with Crippen molar-refractivity contribution in [1.82, 2.24) is 10.6 Å². The third-order valence-electron chi connectivity index (χ3n) is 4.91. The summed E-state index contributed by atoms with van der Waals surface area (Å²) in [4.78, 5) is 35.5. The number of nitrogens with zero attached hydrogens (tertiary/aromatic N) is 1. The second-order valence-electron chi connectivity index (χ2n) is 7.31. The van der Waals surface area contributed by atoms with Gasteiger partial charge in [0.2, 0.25) is 11.8 Å². The Bertz CT molecular complexity index is 1010. The Labute approximate surface area is 192 Å². The van der Waals surface area contributed by atoms with Gasteiger partial charge in [0.05, 0.1) is 30.1 Å². The molecule has 0 saturated heterocycles. The highest BCUT2D eigenvalue weighted by Gasteiger charge is 2.25. The van der Waals surface area contributed by atoms with E-state index in [1.165, 1.54) is 6.07 Å². The van der Waals surface area contributed by atoms with Crippen molar-refractivity contribution >= 4 is 23.6 Å². The molecule has 1 unspecified atom stereocenters. The van der Waals surface area contributed by atoms with Crippen LogP contribution in [0.15, 0.2) is 48.5 Å².